The van der Waals surface area contributed by atoms with Crippen LogP contribution in [0.5, 0.6) is 0 Å². The monoisotopic (exact) mass is 260 g/mol. The molecule has 6 nitrogen and oxygen atoms in total. The molecule has 0 saturated heterocycles. The highest BCUT2D eigenvalue weighted by molar-refractivity contribution is 5.80. The van der Waals surface area contributed by atoms with E-state index in [0.717, 1.165) is 11.5 Å². The molecular weight excluding hydrogens is 244 g/mol. The van der Waals surface area contributed by atoms with E-state index in [1.54, 1.807) is 6.07 Å². The van der Waals surface area contributed by atoms with Crippen LogP contribution in [0.3, 0.4) is 0 Å². The summed E-state index contributed by atoms with van der Waals surface area (Å²) in [6.45, 7) is 4.23. The summed E-state index contributed by atoms with van der Waals surface area (Å²) in [7, 11) is 0. The number of nitrogens with one attached hydrogen (secondary N) is 2. The maximum absolute atomic E-state index is 10.9. The van der Waals surface area contributed by atoms with Crippen LogP contribution in [0.4, 0.5) is 11.6 Å². The fraction of sp³-hybridized carbons (Fsp3) is 0.308. The molecule has 100 valence electrons. The van der Waals surface area contributed by atoms with Gasteiger partial charge >= 0.3 is 0 Å². The fourth-order valence-corrected chi connectivity index (χ4v) is 1.52. The first kappa shape index (κ1) is 13.1. The topological polar surface area (TPSA) is 80.0 Å². The van der Waals surface area contributed by atoms with E-state index in [0.29, 0.717) is 18.2 Å². The average molecular weight is 260 g/mol. The molecule has 0 bridgehead atoms. The van der Waals surface area contributed by atoms with Crippen LogP contribution in [0.1, 0.15) is 18.4 Å². The molecule has 0 saturated carbocycles. The van der Waals surface area contributed by atoms with Crippen LogP contribution >= 0.6 is 0 Å². The highest BCUT2D eigenvalue weighted by Crippen LogP contribution is 2.11. The van der Waals surface area contributed by atoms with Crippen LogP contribution in [-0.4, -0.2) is 22.3 Å². The molecule has 2 heterocycles. The largest absolute Gasteiger partial charge is 0.465 e. The second-order valence-electron chi connectivity index (χ2n) is 4.21. The number of aryl methyl sites for hydroxylation is 1. The molecule has 0 fully saturated rings. The Labute approximate surface area is 111 Å². The van der Waals surface area contributed by atoms with Gasteiger partial charge in [0.15, 0.2) is 0 Å². The van der Waals surface area contributed by atoms with Gasteiger partial charge in [0.1, 0.15) is 35.3 Å². The van der Waals surface area contributed by atoms with Crippen LogP contribution in [0, 0.1) is 6.92 Å². The smallest absolute Gasteiger partial charge is 0.148 e. The number of furan rings is 1. The predicted molar refractivity (Wildman–Crippen MR) is 72.0 cm³/mol. The third kappa shape index (κ3) is 4.09. The molecule has 0 spiro atoms. The number of carbonyl (C=O) groups excluding carboxylic acids is 1. The van der Waals surface area contributed by atoms with Crippen molar-refractivity contribution in [1.82, 2.24) is 9.97 Å². The van der Waals surface area contributed by atoms with Gasteiger partial charge in [-0.3, -0.25) is 4.79 Å². The number of carbonyl (C=O) groups is 1. The Morgan fingerprint density at radius 1 is 1.26 bits per heavy atom. The predicted octanol–water partition coefficient (Wildman–Crippen LogP) is 1.99. The van der Waals surface area contributed by atoms with Crippen molar-refractivity contribution < 1.29 is 9.21 Å². The van der Waals surface area contributed by atoms with Crippen molar-refractivity contribution in [1.29, 1.82) is 0 Å². The molecule has 6 heteroatoms. The second kappa shape index (κ2) is 5.99. The lowest BCUT2D eigenvalue weighted by Gasteiger charge is -2.06. The first-order chi connectivity index (χ1) is 9.13. The van der Waals surface area contributed by atoms with Gasteiger partial charge < -0.3 is 15.1 Å². The van der Waals surface area contributed by atoms with Crippen molar-refractivity contribution >= 4 is 17.4 Å². The molecule has 0 atom stereocenters. The molecule has 0 aliphatic carbocycles. The fourth-order valence-electron chi connectivity index (χ4n) is 1.52. The van der Waals surface area contributed by atoms with Crippen LogP contribution < -0.4 is 10.6 Å². The summed E-state index contributed by atoms with van der Waals surface area (Å²) >= 11 is 0. The van der Waals surface area contributed by atoms with E-state index < -0.39 is 0 Å². The van der Waals surface area contributed by atoms with E-state index in [-0.39, 0.29) is 12.3 Å². The van der Waals surface area contributed by atoms with Gasteiger partial charge in [-0.1, -0.05) is 0 Å². The Balaban J connectivity index is 1.93. The van der Waals surface area contributed by atoms with E-state index >= 15 is 0 Å². The molecule has 2 rings (SSSR count). The van der Waals surface area contributed by atoms with Gasteiger partial charge in [-0.2, -0.15) is 0 Å². The molecule has 0 radical (unpaired) electrons. The highest BCUT2D eigenvalue weighted by atomic mass is 16.3. The lowest BCUT2D eigenvalue weighted by molar-refractivity contribution is -0.115. The van der Waals surface area contributed by atoms with E-state index in [1.165, 1.54) is 13.3 Å². The van der Waals surface area contributed by atoms with Crippen molar-refractivity contribution in [2.45, 2.75) is 20.4 Å². The summed E-state index contributed by atoms with van der Waals surface area (Å²) in [5, 5.41) is 6.06. The van der Waals surface area contributed by atoms with E-state index in [9.17, 15) is 4.79 Å². The molecular formula is C13H16N4O2. The van der Waals surface area contributed by atoms with Gasteiger partial charge in [0.25, 0.3) is 0 Å². The van der Waals surface area contributed by atoms with E-state index in [1.807, 2.05) is 19.1 Å². The standard InChI is InChI=1S/C13H16N4O2/c1-9(18)6-14-12-5-13(17-8-16-12)15-7-11-4-3-10(2)19-11/h3-5,8H,6-7H2,1-2H3,(H2,14,15,16,17). The van der Waals surface area contributed by atoms with Crippen molar-refractivity contribution in [3.63, 3.8) is 0 Å². The van der Waals surface area contributed by atoms with E-state index in [4.69, 9.17) is 4.42 Å². The van der Waals surface area contributed by atoms with Gasteiger partial charge in [0, 0.05) is 6.07 Å². The number of nitrogens with zero attached hydrogens (tertiary/aromatic N) is 2. The second-order valence-corrected chi connectivity index (χ2v) is 4.21. The molecule has 0 aromatic carbocycles. The normalized spacial score (nSPS) is 10.2. The van der Waals surface area contributed by atoms with Crippen molar-refractivity contribution in [2.75, 3.05) is 17.2 Å². The Morgan fingerprint density at radius 3 is 2.63 bits per heavy atom. The quantitative estimate of drug-likeness (QED) is 0.826. The molecule has 0 amide bonds. The number of Topliss-reactive ketones (excluding diaryl/α,β-unsaturated/α-hetero) is 1. The summed E-state index contributed by atoms with van der Waals surface area (Å²) in [6.07, 6.45) is 1.44. The Kier molecular flexibility index (Phi) is 4.12. The summed E-state index contributed by atoms with van der Waals surface area (Å²) in [5.74, 6) is 3.07. The number of ketones is 1. The van der Waals surface area contributed by atoms with Crippen molar-refractivity contribution in [3.8, 4) is 0 Å². The number of anilines is 2. The Bertz CT molecular complexity index is 565. The van der Waals surface area contributed by atoms with Crippen LogP contribution in [-0.2, 0) is 11.3 Å². The van der Waals surface area contributed by atoms with Crippen molar-refractivity contribution in [3.05, 3.63) is 36.0 Å². The minimum absolute atomic E-state index is 0.0548. The van der Waals surface area contributed by atoms with Gasteiger partial charge in [-0.15, -0.1) is 0 Å². The van der Waals surface area contributed by atoms with Crippen molar-refractivity contribution in [2.24, 2.45) is 0 Å². The first-order valence-electron chi connectivity index (χ1n) is 5.98. The summed E-state index contributed by atoms with van der Waals surface area (Å²) in [4.78, 5) is 19.0. The zero-order valence-electron chi connectivity index (χ0n) is 10.9. The Morgan fingerprint density at radius 2 is 2.00 bits per heavy atom. The molecule has 0 aliphatic heterocycles. The highest BCUT2D eigenvalue weighted by Gasteiger charge is 2.02. The first-order valence-corrected chi connectivity index (χ1v) is 5.98. The third-order valence-corrected chi connectivity index (χ3v) is 2.43. The molecule has 2 N–H and O–H groups in total. The Hall–Kier alpha value is -2.37. The number of hydrogen-bond donors (Lipinski definition) is 2. The van der Waals surface area contributed by atoms with Gasteiger partial charge in [-0.25, -0.2) is 9.97 Å². The minimum atomic E-state index is 0.0548. The molecule has 19 heavy (non-hydrogen) atoms. The van der Waals surface area contributed by atoms with Crippen LogP contribution in [0.15, 0.2) is 28.9 Å². The van der Waals surface area contributed by atoms with Crippen LogP contribution in [0.2, 0.25) is 0 Å². The maximum Gasteiger partial charge on any atom is 0.148 e. The molecule has 2 aromatic heterocycles. The van der Waals surface area contributed by atoms with Gasteiger partial charge in [0.2, 0.25) is 0 Å². The number of rotatable bonds is 6. The lowest BCUT2D eigenvalue weighted by Crippen LogP contribution is -2.11. The number of aromatic nitrogens is 2. The third-order valence-electron chi connectivity index (χ3n) is 2.43. The average Bonchev–Trinajstić information content (AvgIpc) is 2.80. The summed E-state index contributed by atoms with van der Waals surface area (Å²) < 4.78 is 5.45. The maximum atomic E-state index is 10.9. The molecule has 0 unspecified atom stereocenters. The zero-order chi connectivity index (χ0) is 13.7. The SMILES string of the molecule is CC(=O)CNc1cc(NCc2ccc(C)o2)ncn1. The molecule has 0 aliphatic rings. The zero-order valence-corrected chi connectivity index (χ0v) is 10.9. The van der Waals surface area contributed by atoms with Gasteiger partial charge in [0.05, 0.1) is 13.1 Å². The lowest BCUT2D eigenvalue weighted by atomic mass is 10.4. The summed E-state index contributed by atoms with van der Waals surface area (Å²) in [5.41, 5.74) is 0. The van der Waals surface area contributed by atoms with Gasteiger partial charge in [-0.05, 0) is 26.0 Å². The minimum Gasteiger partial charge on any atom is -0.465 e. The van der Waals surface area contributed by atoms with E-state index in [2.05, 4.69) is 20.6 Å². The van der Waals surface area contributed by atoms with Crippen LogP contribution in [0.25, 0.3) is 0 Å². The summed E-state index contributed by atoms with van der Waals surface area (Å²) in [6, 6.07) is 5.58. The number of hydrogen-bond acceptors (Lipinski definition) is 6. The molecule has 2 aromatic rings.